The number of amides is 1. The minimum atomic E-state index is -3.65. The summed E-state index contributed by atoms with van der Waals surface area (Å²) in [5.74, 6) is 0.307. The second-order valence-corrected chi connectivity index (χ2v) is 10.3. The average Bonchev–Trinajstić information content (AvgIpc) is 2.79. The summed E-state index contributed by atoms with van der Waals surface area (Å²) >= 11 is 0. The molecule has 2 aliphatic rings. The van der Waals surface area contributed by atoms with Crippen LogP contribution in [0.2, 0.25) is 0 Å². The average molecular weight is 474 g/mol. The minimum absolute atomic E-state index is 0.197. The fourth-order valence-corrected chi connectivity index (χ4v) is 5.78. The number of piperidine rings is 1. The summed E-state index contributed by atoms with van der Waals surface area (Å²) in [4.78, 5) is 16.0. The second-order valence-electron chi connectivity index (χ2n) is 8.33. The van der Waals surface area contributed by atoms with Gasteiger partial charge in [-0.3, -0.25) is 9.79 Å². The fraction of sp³-hybridized carbons (Fsp3) is 0.391. The molecule has 1 fully saturated rings. The first-order valence-corrected chi connectivity index (χ1v) is 12.4. The van der Waals surface area contributed by atoms with Crippen LogP contribution in [0.5, 0.6) is 0 Å². The topological polar surface area (TPSA) is 103 Å². The molecule has 8 nitrogen and oxygen atoms in total. The third-order valence-corrected chi connectivity index (χ3v) is 7.95. The number of aliphatic imine (C=N–C) groups is 1. The molecular weight excluding hydrogens is 445 g/mol. The summed E-state index contributed by atoms with van der Waals surface area (Å²) in [5, 5.41) is 9.53. The molecule has 2 aromatic carbocycles. The number of hydrogen-bond donors (Lipinski definition) is 3. The first kappa shape index (κ1) is 23.3. The molecule has 176 valence electrons. The van der Waals surface area contributed by atoms with Gasteiger partial charge in [0.25, 0.3) is 0 Å². The van der Waals surface area contributed by atoms with Gasteiger partial charge in [0.2, 0.25) is 15.9 Å². The lowest BCUT2D eigenvalue weighted by atomic mass is 9.85. The quantitative estimate of drug-likeness (QED) is 0.617. The smallest absolute Gasteiger partial charge is 0.243 e. The Labute approximate surface area is 193 Å². The van der Waals surface area contributed by atoms with Crippen LogP contribution in [0.15, 0.2) is 58.4 Å². The highest BCUT2D eigenvalue weighted by atomic mass is 32.2. The van der Waals surface area contributed by atoms with Gasteiger partial charge in [-0.05, 0) is 54.8 Å². The van der Waals surface area contributed by atoms with Gasteiger partial charge in [-0.2, -0.15) is 4.31 Å². The molecule has 1 saturated heterocycles. The summed E-state index contributed by atoms with van der Waals surface area (Å²) in [5.41, 5.74) is 0.948. The molecule has 1 spiro atoms. The van der Waals surface area contributed by atoms with Crippen LogP contribution < -0.4 is 16.0 Å². The molecule has 0 bridgehead atoms. The number of carbonyl (C=O) groups is 1. The molecule has 2 aliphatic heterocycles. The van der Waals surface area contributed by atoms with Crippen molar-refractivity contribution in [3.63, 3.8) is 0 Å². The third-order valence-electron chi connectivity index (χ3n) is 6.04. The molecule has 0 aromatic heterocycles. The molecule has 0 atom stereocenters. The highest BCUT2D eigenvalue weighted by molar-refractivity contribution is 7.89. The summed E-state index contributed by atoms with van der Waals surface area (Å²) in [6.07, 6.45) is 1.15. The number of anilines is 1. The van der Waals surface area contributed by atoms with Gasteiger partial charge in [0.05, 0.1) is 17.0 Å². The Bertz CT molecular complexity index is 1140. The van der Waals surface area contributed by atoms with E-state index in [1.807, 2.05) is 6.07 Å². The third kappa shape index (κ3) is 5.23. The predicted molar refractivity (Wildman–Crippen MR) is 125 cm³/mol. The molecule has 0 saturated carbocycles. The van der Waals surface area contributed by atoms with Gasteiger partial charge in [-0.25, -0.2) is 12.8 Å². The minimum Gasteiger partial charge on any atom is -0.368 e. The van der Waals surface area contributed by atoms with Gasteiger partial charge < -0.3 is 16.0 Å². The second kappa shape index (κ2) is 9.58. The highest BCUT2D eigenvalue weighted by Gasteiger charge is 2.43. The molecule has 2 aromatic rings. The zero-order chi connectivity index (χ0) is 23.5. The maximum Gasteiger partial charge on any atom is 0.243 e. The molecule has 0 radical (unpaired) electrons. The van der Waals surface area contributed by atoms with Crippen molar-refractivity contribution in [2.75, 3.05) is 31.5 Å². The molecule has 4 rings (SSSR count). The number of nitrogens with zero attached hydrogens (tertiary/aromatic N) is 2. The number of amidine groups is 1. The van der Waals surface area contributed by atoms with Crippen LogP contribution in [0, 0.1) is 5.82 Å². The number of hydrogen-bond acceptors (Lipinski definition) is 6. The zero-order valence-electron chi connectivity index (χ0n) is 18.5. The van der Waals surface area contributed by atoms with Gasteiger partial charge in [-0.1, -0.05) is 12.1 Å². The van der Waals surface area contributed by atoms with E-state index >= 15 is 0 Å². The Morgan fingerprint density at radius 2 is 1.91 bits per heavy atom. The molecule has 10 heteroatoms. The summed E-state index contributed by atoms with van der Waals surface area (Å²) in [7, 11) is -3.65. The standard InChI is InChI=1S/C23H28FN5O3S/c1-17(30)28-20-5-7-21(8-6-20)33(31,32)29-13-9-23(10-14-29)22(25-11-12-27-23)26-16-18-3-2-4-19(24)15-18/h2-8,15,27H,9-14,16H2,1H3,(H,25,26)(H,28,30). The molecule has 2 heterocycles. The number of rotatable bonds is 5. The van der Waals surface area contributed by atoms with Gasteiger partial charge in [0, 0.05) is 38.8 Å². The number of sulfonamides is 1. The normalized spacial score (nSPS) is 18.5. The first-order chi connectivity index (χ1) is 15.8. The zero-order valence-corrected chi connectivity index (χ0v) is 19.3. The van der Waals surface area contributed by atoms with Crippen LogP contribution in [0.25, 0.3) is 0 Å². The van der Waals surface area contributed by atoms with Crippen molar-refractivity contribution in [3.05, 3.63) is 59.9 Å². The number of nitrogens with one attached hydrogen (secondary N) is 3. The number of carbonyl (C=O) groups excluding carboxylic acids is 1. The van der Waals surface area contributed by atoms with E-state index in [1.54, 1.807) is 18.2 Å². The monoisotopic (exact) mass is 473 g/mol. The van der Waals surface area contributed by atoms with E-state index in [-0.39, 0.29) is 16.6 Å². The van der Waals surface area contributed by atoms with E-state index in [0.29, 0.717) is 44.7 Å². The van der Waals surface area contributed by atoms with Gasteiger partial charge in [-0.15, -0.1) is 0 Å². The van der Waals surface area contributed by atoms with Crippen molar-refractivity contribution < 1.29 is 17.6 Å². The van der Waals surface area contributed by atoms with E-state index in [9.17, 15) is 17.6 Å². The molecular formula is C23H28FN5O3S. The summed E-state index contributed by atoms with van der Waals surface area (Å²) in [6.45, 7) is 3.91. The van der Waals surface area contributed by atoms with Crippen LogP contribution >= 0.6 is 0 Å². The first-order valence-electron chi connectivity index (χ1n) is 10.9. The lowest BCUT2D eigenvalue weighted by Crippen LogP contribution is -2.64. The molecule has 3 N–H and O–H groups in total. The fourth-order valence-electron chi connectivity index (χ4n) is 4.34. The Morgan fingerprint density at radius 3 is 2.58 bits per heavy atom. The van der Waals surface area contributed by atoms with Gasteiger partial charge >= 0.3 is 0 Å². The number of halogens is 1. The van der Waals surface area contributed by atoms with Crippen LogP contribution in [0.3, 0.4) is 0 Å². The maximum atomic E-state index is 13.5. The van der Waals surface area contributed by atoms with Crippen molar-refractivity contribution in [2.24, 2.45) is 4.99 Å². The molecule has 0 unspecified atom stereocenters. The number of benzene rings is 2. The van der Waals surface area contributed by atoms with Crippen molar-refractivity contribution in [1.29, 1.82) is 0 Å². The van der Waals surface area contributed by atoms with Crippen LogP contribution in [0.1, 0.15) is 25.3 Å². The van der Waals surface area contributed by atoms with Gasteiger partial charge in [0.1, 0.15) is 11.7 Å². The molecule has 1 amide bonds. The summed E-state index contributed by atoms with van der Waals surface area (Å²) in [6, 6.07) is 12.6. The Kier molecular flexibility index (Phi) is 6.78. The van der Waals surface area contributed by atoms with E-state index in [1.165, 1.54) is 35.5 Å². The maximum absolute atomic E-state index is 13.5. The van der Waals surface area contributed by atoms with Crippen molar-refractivity contribution in [3.8, 4) is 0 Å². The lowest BCUT2D eigenvalue weighted by Gasteiger charge is -2.44. The highest BCUT2D eigenvalue weighted by Crippen LogP contribution is 2.29. The van der Waals surface area contributed by atoms with Crippen molar-refractivity contribution in [1.82, 2.24) is 14.9 Å². The lowest BCUT2D eigenvalue weighted by molar-refractivity contribution is -0.114. The largest absolute Gasteiger partial charge is 0.368 e. The van der Waals surface area contributed by atoms with Crippen LogP contribution in [-0.2, 0) is 21.4 Å². The van der Waals surface area contributed by atoms with E-state index < -0.39 is 15.6 Å². The summed E-state index contributed by atoms with van der Waals surface area (Å²) < 4.78 is 41.3. The molecule has 0 aliphatic carbocycles. The Hall–Kier alpha value is -2.82. The van der Waals surface area contributed by atoms with Crippen molar-refractivity contribution >= 4 is 27.5 Å². The van der Waals surface area contributed by atoms with Crippen molar-refractivity contribution in [2.45, 2.75) is 36.7 Å². The van der Waals surface area contributed by atoms with Crippen LogP contribution in [0.4, 0.5) is 10.1 Å². The van der Waals surface area contributed by atoms with E-state index in [4.69, 9.17) is 0 Å². The van der Waals surface area contributed by atoms with E-state index in [2.05, 4.69) is 20.9 Å². The Morgan fingerprint density at radius 1 is 1.18 bits per heavy atom. The molecule has 33 heavy (non-hydrogen) atoms. The van der Waals surface area contributed by atoms with Gasteiger partial charge in [0.15, 0.2) is 0 Å². The Balaban J connectivity index is 1.43. The predicted octanol–water partition coefficient (Wildman–Crippen LogP) is 2.10. The van der Waals surface area contributed by atoms with Crippen LogP contribution in [-0.4, -0.2) is 56.2 Å². The SMILES string of the molecule is CC(=O)Nc1ccc(S(=O)(=O)N2CCC3(CC2)NCCN=C3NCc2cccc(F)c2)cc1. The van der Waals surface area contributed by atoms with E-state index in [0.717, 1.165) is 17.9 Å².